The summed E-state index contributed by atoms with van der Waals surface area (Å²) in [4.78, 5) is 0. The molecule has 0 aromatic rings. The summed E-state index contributed by atoms with van der Waals surface area (Å²) in [6.45, 7) is 0. The van der Waals surface area contributed by atoms with Crippen molar-refractivity contribution in [2.45, 2.75) is 19.3 Å². The van der Waals surface area contributed by atoms with Gasteiger partial charge in [-0.2, -0.15) is 0 Å². The van der Waals surface area contributed by atoms with E-state index >= 15 is 0 Å². The van der Waals surface area contributed by atoms with Crippen molar-refractivity contribution in [1.82, 2.24) is 0 Å². The van der Waals surface area contributed by atoms with E-state index in [1.165, 1.54) is 0 Å². The van der Waals surface area contributed by atoms with Crippen LogP contribution in [0.25, 0.3) is 0 Å². The van der Waals surface area contributed by atoms with E-state index in [1.807, 2.05) is 12.2 Å². The molecule has 0 aliphatic heterocycles. The Morgan fingerprint density at radius 2 is 1.91 bits per heavy atom. The van der Waals surface area contributed by atoms with Gasteiger partial charge in [-0.15, -0.1) is 0 Å². The molecule has 0 heterocycles. The molecule has 57 valence electrons. The molecule has 0 spiro atoms. The van der Waals surface area contributed by atoms with E-state index in [0.717, 1.165) is 19.3 Å². The molecule has 0 amide bonds. The molecule has 0 bridgehead atoms. The molecule has 0 aromatic heterocycles. The van der Waals surface area contributed by atoms with Crippen LogP contribution in [0.4, 0.5) is 0 Å². The van der Waals surface area contributed by atoms with Gasteiger partial charge in [0.25, 0.3) is 0 Å². The predicted octanol–water partition coefficient (Wildman–Crippen LogP) is 3.20. The maximum atomic E-state index is 3.09. The molecule has 0 aromatic carbocycles. The SMILES string of the molecule is [C]1=C/CC/C=C\C\C=C/C=C\1. The minimum Gasteiger partial charge on any atom is -0.0879 e. The van der Waals surface area contributed by atoms with Crippen LogP contribution in [0.15, 0.2) is 42.5 Å². The van der Waals surface area contributed by atoms with E-state index in [0.29, 0.717) is 0 Å². The van der Waals surface area contributed by atoms with Gasteiger partial charge in [-0.05, 0) is 25.3 Å². The zero-order chi connectivity index (χ0) is 7.78. The lowest BCUT2D eigenvalue weighted by Gasteiger charge is -1.83. The van der Waals surface area contributed by atoms with Crippen molar-refractivity contribution in [2.24, 2.45) is 0 Å². The van der Waals surface area contributed by atoms with Crippen molar-refractivity contribution in [2.75, 3.05) is 0 Å². The van der Waals surface area contributed by atoms with Crippen LogP contribution in [0.5, 0.6) is 0 Å². The van der Waals surface area contributed by atoms with Crippen LogP contribution in [0.1, 0.15) is 19.3 Å². The first kappa shape index (κ1) is 8.06. The Kier molecular flexibility index (Phi) is 4.19. The average molecular weight is 145 g/mol. The predicted molar refractivity (Wildman–Crippen MR) is 49.1 cm³/mol. The molecule has 0 unspecified atom stereocenters. The first-order chi connectivity index (χ1) is 5.50. The number of hydrogen-bond donors (Lipinski definition) is 0. The fraction of sp³-hybridized carbons (Fsp3) is 0.273. The highest BCUT2D eigenvalue weighted by atomic mass is 13.8. The van der Waals surface area contributed by atoms with Gasteiger partial charge in [-0.1, -0.05) is 42.5 Å². The van der Waals surface area contributed by atoms with Crippen molar-refractivity contribution in [3.8, 4) is 0 Å². The van der Waals surface area contributed by atoms with Gasteiger partial charge in [0.15, 0.2) is 0 Å². The van der Waals surface area contributed by atoms with Gasteiger partial charge in [-0.25, -0.2) is 0 Å². The van der Waals surface area contributed by atoms with Crippen LogP contribution in [0, 0.1) is 6.08 Å². The molecule has 1 radical (unpaired) electrons. The summed E-state index contributed by atoms with van der Waals surface area (Å²) in [5.41, 5.74) is 0. The highest BCUT2D eigenvalue weighted by molar-refractivity contribution is 5.09. The Labute approximate surface area is 68.6 Å². The third-order valence-electron chi connectivity index (χ3n) is 1.47. The van der Waals surface area contributed by atoms with Gasteiger partial charge in [0.05, 0.1) is 0 Å². The minimum absolute atomic E-state index is 1.05. The fourth-order valence-electron chi connectivity index (χ4n) is 0.892. The number of allylic oxidation sites excluding steroid dienone is 8. The normalized spacial score (nSPS) is 29.8. The van der Waals surface area contributed by atoms with Gasteiger partial charge >= 0.3 is 0 Å². The van der Waals surface area contributed by atoms with Gasteiger partial charge in [-0.3, -0.25) is 0 Å². The monoisotopic (exact) mass is 145 g/mol. The van der Waals surface area contributed by atoms with Crippen LogP contribution >= 0.6 is 0 Å². The van der Waals surface area contributed by atoms with Crippen LogP contribution in [0.3, 0.4) is 0 Å². The Hall–Kier alpha value is -1.04. The second kappa shape index (κ2) is 5.72. The maximum Gasteiger partial charge on any atom is -0.0166 e. The lowest BCUT2D eigenvalue weighted by Crippen LogP contribution is -1.63. The maximum absolute atomic E-state index is 3.09. The van der Waals surface area contributed by atoms with Crippen molar-refractivity contribution in [1.29, 1.82) is 0 Å². The van der Waals surface area contributed by atoms with Crippen molar-refractivity contribution >= 4 is 0 Å². The Balaban J connectivity index is 2.47. The molecule has 0 saturated carbocycles. The largest absolute Gasteiger partial charge is 0.0879 e. The third kappa shape index (κ3) is 4.38. The third-order valence-corrected chi connectivity index (χ3v) is 1.47. The molecule has 1 aliphatic carbocycles. The Morgan fingerprint density at radius 1 is 0.909 bits per heavy atom. The van der Waals surface area contributed by atoms with Crippen LogP contribution in [-0.2, 0) is 0 Å². The standard InChI is InChI=1S/C11H13/c1-2-4-6-8-10-11-9-7-5-3-1/h1-4,7-9H,5,10-11H2/b3-1-,4-2-,8-6?,9-7-. The molecule has 0 atom stereocenters. The average Bonchev–Trinajstić information content (AvgIpc) is 2.08. The molecule has 11 heavy (non-hydrogen) atoms. The summed E-state index contributed by atoms with van der Waals surface area (Å²) in [5.74, 6) is 0. The minimum atomic E-state index is 1.05. The topological polar surface area (TPSA) is 0 Å². The molecule has 1 rings (SSSR count). The zero-order valence-electron chi connectivity index (χ0n) is 6.66. The summed E-state index contributed by atoms with van der Waals surface area (Å²) in [7, 11) is 0. The molecule has 0 nitrogen and oxygen atoms in total. The molecular weight excluding hydrogens is 132 g/mol. The lowest BCUT2D eigenvalue weighted by molar-refractivity contribution is 1.04. The summed E-state index contributed by atoms with van der Waals surface area (Å²) < 4.78 is 0. The summed E-state index contributed by atoms with van der Waals surface area (Å²) in [6.07, 6.45) is 21.0. The van der Waals surface area contributed by atoms with Crippen molar-refractivity contribution in [3.05, 3.63) is 48.6 Å². The smallest absolute Gasteiger partial charge is 0.0166 e. The van der Waals surface area contributed by atoms with E-state index < -0.39 is 0 Å². The fourth-order valence-corrected chi connectivity index (χ4v) is 0.892. The highest BCUT2D eigenvalue weighted by Gasteiger charge is 1.77. The molecular formula is C11H13. The summed E-state index contributed by atoms with van der Waals surface area (Å²) in [6, 6.07) is 0. The van der Waals surface area contributed by atoms with E-state index in [1.54, 1.807) is 0 Å². The molecule has 1 aliphatic rings. The molecule has 0 N–H and O–H groups in total. The van der Waals surface area contributed by atoms with Crippen molar-refractivity contribution < 1.29 is 0 Å². The van der Waals surface area contributed by atoms with E-state index in [4.69, 9.17) is 0 Å². The second-order valence-electron chi connectivity index (χ2n) is 2.44. The Morgan fingerprint density at radius 3 is 2.91 bits per heavy atom. The first-order valence-electron chi connectivity index (χ1n) is 4.04. The Bertz CT molecular complexity index is 192. The van der Waals surface area contributed by atoms with E-state index in [2.05, 4.69) is 36.5 Å². The van der Waals surface area contributed by atoms with Crippen LogP contribution < -0.4 is 0 Å². The van der Waals surface area contributed by atoms with Gasteiger partial charge in [0.2, 0.25) is 0 Å². The molecule has 0 fully saturated rings. The summed E-state index contributed by atoms with van der Waals surface area (Å²) in [5, 5.41) is 0. The number of rotatable bonds is 0. The molecule has 0 saturated heterocycles. The zero-order valence-corrected chi connectivity index (χ0v) is 6.66. The lowest BCUT2D eigenvalue weighted by atomic mass is 10.2. The first-order valence-corrected chi connectivity index (χ1v) is 4.04. The van der Waals surface area contributed by atoms with Crippen LogP contribution in [-0.4, -0.2) is 0 Å². The second-order valence-corrected chi connectivity index (χ2v) is 2.44. The molecule has 0 heteroatoms. The van der Waals surface area contributed by atoms with Gasteiger partial charge < -0.3 is 0 Å². The quantitative estimate of drug-likeness (QED) is 0.459. The highest BCUT2D eigenvalue weighted by Crippen LogP contribution is 1.96. The summed E-state index contributed by atoms with van der Waals surface area (Å²) >= 11 is 0. The van der Waals surface area contributed by atoms with E-state index in [9.17, 15) is 0 Å². The number of hydrogen-bond acceptors (Lipinski definition) is 0. The van der Waals surface area contributed by atoms with Crippen molar-refractivity contribution in [3.63, 3.8) is 0 Å². The van der Waals surface area contributed by atoms with Crippen LogP contribution in [0.2, 0.25) is 0 Å². The van der Waals surface area contributed by atoms with Gasteiger partial charge in [0, 0.05) is 0 Å². The van der Waals surface area contributed by atoms with E-state index in [-0.39, 0.29) is 0 Å². The van der Waals surface area contributed by atoms with Gasteiger partial charge in [0.1, 0.15) is 0 Å².